The number of carboxylic acids is 1. The summed E-state index contributed by atoms with van der Waals surface area (Å²) in [5.41, 5.74) is 0.271. The molecule has 2 amide bonds. The fraction of sp³-hybridized carbons (Fsp3) is 0.467. The number of carbonyl (C=O) groups is 2. The second-order valence-corrected chi connectivity index (χ2v) is 5.75. The van der Waals surface area contributed by atoms with E-state index in [1.807, 2.05) is 6.92 Å². The summed E-state index contributed by atoms with van der Waals surface area (Å²) in [6.07, 6.45) is 3.18. The Morgan fingerprint density at radius 2 is 2.14 bits per heavy atom. The summed E-state index contributed by atoms with van der Waals surface area (Å²) in [6.45, 7) is 3.39. The molecule has 0 atom stereocenters. The number of benzene rings is 1. The minimum absolute atomic E-state index is 0.0376. The molecule has 0 bridgehead atoms. The molecule has 1 aliphatic rings. The van der Waals surface area contributed by atoms with Gasteiger partial charge in [-0.1, -0.05) is 18.5 Å². The molecule has 6 heteroatoms. The van der Waals surface area contributed by atoms with Crippen molar-refractivity contribution < 1.29 is 14.7 Å². The van der Waals surface area contributed by atoms with Gasteiger partial charge in [0, 0.05) is 18.1 Å². The zero-order valence-corrected chi connectivity index (χ0v) is 12.7. The molecule has 1 saturated carbocycles. The van der Waals surface area contributed by atoms with Gasteiger partial charge in [0.25, 0.3) is 0 Å². The molecular weight excluding hydrogens is 292 g/mol. The number of urea groups is 1. The second-order valence-electron chi connectivity index (χ2n) is 5.31. The Bertz CT molecular complexity index is 544. The third kappa shape index (κ3) is 4.36. The van der Waals surface area contributed by atoms with E-state index in [1.165, 1.54) is 18.2 Å². The van der Waals surface area contributed by atoms with E-state index in [9.17, 15) is 9.59 Å². The number of aromatic carboxylic acids is 1. The van der Waals surface area contributed by atoms with Crippen molar-refractivity contribution in [3.05, 3.63) is 28.8 Å². The minimum Gasteiger partial charge on any atom is -0.478 e. The highest BCUT2D eigenvalue weighted by Gasteiger charge is 2.27. The molecule has 114 valence electrons. The van der Waals surface area contributed by atoms with Crippen LogP contribution in [0.1, 0.15) is 36.5 Å². The van der Waals surface area contributed by atoms with Crippen LogP contribution in [0, 0.1) is 5.92 Å². The van der Waals surface area contributed by atoms with E-state index in [-0.39, 0.29) is 17.3 Å². The molecule has 5 nitrogen and oxygen atoms in total. The average molecular weight is 311 g/mol. The van der Waals surface area contributed by atoms with Crippen molar-refractivity contribution in [1.29, 1.82) is 0 Å². The molecule has 1 aliphatic carbocycles. The van der Waals surface area contributed by atoms with E-state index < -0.39 is 5.97 Å². The van der Waals surface area contributed by atoms with E-state index >= 15 is 0 Å². The first kappa shape index (κ1) is 15.6. The Hall–Kier alpha value is -1.75. The largest absolute Gasteiger partial charge is 0.478 e. The molecular formula is C15H19ClN2O3. The highest BCUT2D eigenvalue weighted by Crippen LogP contribution is 2.30. The van der Waals surface area contributed by atoms with Gasteiger partial charge in [-0.05, 0) is 43.4 Å². The SMILES string of the molecule is CCCN(CC1CC1)C(=O)Nc1cc(Cl)ccc1C(=O)O. The summed E-state index contributed by atoms with van der Waals surface area (Å²) in [5, 5.41) is 12.2. The van der Waals surface area contributed by atoms with Crippen LogP contribution in [-0.2, 0) is 0 Å². The number of hydrogen-bond acceptors (Lipinski definition) is 2. The zero-order valence-electron chi connectivity index (χ0n) is 11.9. The molecule has 0 saturated heterocycles. The Labute approximate surface area is 128 Å². The predicted octanol–water partition coefficient (Wildman–Crippen LogP) is 3.69. The minimum atomic E-state index is -1.09. The standard InChI is InChI=1S/C15H19ClN2O3/c1-2-7-18(9-10-3-4-10)15(21)17-13-8-11(16)5-6-12(13)14(19)20/h5-6,8,10H,2-4,7,9H2,1H3,(H,17,21)(H,19,20). The van der Waals surface area contributed by atoms with Crippen LogP contribution in [0.3, 0.4) is 0 Å². The van der Waals surface area contributed by atoms with Gasteiger partial charge in [0.2, 0.25) is 0 Å². The van der Waals surface area contributed by atoms with Crippen molar-refractivity contribution in [3.8, 4) is 0 Å². The molecule has 21 heavy (non-hydrogen) atoms. The summed E-state index contributed by atoms with van der Waals surface area (Å²) in [6, 6.07) is 4.08. The van der Waals surface area contributed by atoms with Gasteiger partial charge in [0.1, 0.15) is 0 Å². The smallest absolute Gasteiger partial charge is 0.337 e. The first-order valence-corrected chi connectivity index (χ1v) is 7.47. The van der Waals surface area contributed by atoms with Gasteiger partial charge < -0.3 is 15.3 Å². The summed E-state index contributed by atoms with van der Waals surface area (Å²) < 4.78 is 0. The van der Waals surface area contributed by atoms with Crippen LogP contribution >= 0.6 is 11.6 Å². The molecule has 0 unspecified atom stereocenters. The molecule has 0 radical (unpaired) electrons. The maximum atomic E-state index is 12.3. The lowest BCUT2D eigenvalue weighted by atomic mass is 10.2. The van der Waals surface area contributed by atoms with Crippen LogP contribution in [0.2, 0.25) is 5.02 Å². The monoisotopic (exact) mass is 310 g/mol. The first-order chi connectivity index (χ1) is 10.0. The molecule has 2 rings (SSSR count). The van der Waals surface area contributed by atoms with Crippen LogP contribution in [-0.4, -0.2) is 35.1 Å². The lowest BCUT2D eigenvalue weighted by molar-refractivity contribution is 0.0698. The molecule has 1 aromatic carbocycles. The van der Waals surface area contributed by atoms with Gasteiger partial charge in [-0.3, -0.25) is 0 Å². The third-order valence-corrected chi connectivity index (χ3v) is 3.64. The van der Waals surface area contributed by atoms with Crippen molar-refractivity contribution in [2.75, 3.05) is 18.4 Å². The topological polar surface area (TPSA) is 69.6 Å². The maximum Gasteiger partial charge on any atom is 0.337 e. The van der Waals surface area contributed by atoms with Gasteiger partial charge in [0.15, 0.2) is 0 Å². The summed E-state index contributed by atoms with van der Waals surface area (Å²) in [5.74, 6) is -0.508. The van der Waals surface area contributed by atoms with E-state index in [2.05, 4.69) is 5.32 Å². The Morgan fingerprint density at radius 3 is 2.71 bits per heavy atom. The van der Waals surface area contributed by atoms with Crippen LogP contribution < -0.4 is 5.32 Å². The highest BCUT2D eigenvalue weighted by atomic mass is 35.5. The van der Waals surface area contributed by atoms with Gasteiger partial charge in [-0.15, -0.1) is 0 Å². The predicted molar refractivity (Wildman–Crippen MR) is 82.0 cm³/mol. The number of carbonyl (C=O) groups excluding carboxylic acids is 1. The molecule has 2 N–H and O–H groups in total. The number of anilines is 1. The number of nitrogens with zero attached hydrogens (tertiary/aromatic N) is 1. The molecule has 0 heterocycles. The number of halogens is 1. The van der Waals surface area contributed by atoms with Crippen molar-refractivity contribution >= 4 is 29.3 Å². The second kappa shape index (κ2) is 6.80. The normalized spacial score (nSPS) is 13.8. The molecule has 0 aromatic heterocycles. The van der Waals surface area contributed by atoms with Crippen LogP contribution in [0.15, 0.2) is 18.2 Å². The Morgan fingerprint density at radius 1 is 1.43 bits per heavy atom. The number of amides is 2. The Kier molecular flexibility index (Phi) is 5.07. The summed E-state index contributed by atoms with van der Waals surface area (Å²) in [7, 11) is 0. The number of hydrogen-bond donors (Lipinski definition) is 2. The van der Waals surface area contributed by atoms with Gasteiger partial charge in [0.05, 0.1) is 11.3 Å². The Balaban J connectivity index is 2.12. The number of carboxylic acid groups (broad SMARTS) is 1. The van der Waals surface area contributed by atoms with E-state index in [1.54, 1.807) is 4.90 Å². The van der Waals surface area contributed by atoms with Gasteiger partial charge >= 0.3 is 12.0 Å². The van der Waals surface area contributed by atoms with E-state index in [0.29, 0.717) is 17.5 Å². The average Bonchev–Trinajstić information content (AvgIpc) is 3.22. The van der Waals surface area contributed by atoms with Gasteiger partial charge in [-0.2, -0.15) is 0 Å². The van der Waals surface area contributed by atoms with Crippen molar-refractivity contribution in [2.24, 2.45) is 5.92 Å². The van der Waals surface area contributed by atoms with Crippen LogP contribution in [0.25, 0.3) is 0 Å². The third-order valence-electron chi connectivity index (χ3n) is 3.41. The number of nitrogens with one attached hydrogen (secondary N) is 1. The van der Waals surface area contributed by atoms with Crippen LogP contribution in [0.4, 0.5) is 10.5 Å². The first-order valence-electron chi connectivity index (χ1n) is 7.10. The van der Waals surface area contributed by atoms with E-state index in [0.717, 1.165) is 25.8 Å². The lowest BCUT2D eigenvalue weighted by Crippen LogP contribution is -2.37. The fourth-order valence-corrected chi connectivity index (χ4v) is 2.33. The van der Waals surface area contributed by atoms with Crippen molar-refractivity contribution in [2.45, 2.75) is 26.2 Å². The summed E-state index contributed by atoms with van der Waals surface area (Å²) in [4.78, 5) is 25.3. The van der Waals surface area contributed by atoms with E-state index in [4.69, 9.17) is 16.7 Å². The van der Waals surface area contributed by atoms with Crippen LogP contribution in [0.5, 0.6) is 0 Å². The van der Waals surface area contributed by atoms with Crippen molar-refractivity contribution in [1.82, 2.24) is 4.90 Å². The molecule has 1 aromatic rings. The molecule has 0 aliphatic heterocycles. The van der Waals surface area contributed by atoms with Gasteiger partial charge in [-0.25, -0.2) is 9.59 Å². The van der Waals surface area contributed by atoms with Crippen molar-refractivity contribution in [3.63, 3.8) is 0 Å². The number of rotatable bonds is 6. The fourth-order valence-electron chi connectivity index (χ4n) is 2.16. The zero-order chi connectivity index (χ0) is 15.4. The lowest BCUT2D eigenvalue weighted by Gasteiger charge is -2.23. The maximum absolute atomic E-state index is 12.3. The summed E-state index contributed by atoms with van der Waals surface area (Å²) >= 11 is 5.88. The molecule has 0 spiro atoms. The molecule has 1 fully saturated rings. The quantitative estimate of drug-likeness (QED) is 0.842. The highest BCUT2D eigenvalue weighted by molar-refractivity contribution is 6.31.